The lowest BCUT2D eigenvalue weighted by molar-refractivity contribution is -0.127. The number of hydrogen-bond donors (Lipinski definition) is 0. The zero-order valence-electron chi connectivity index (χ0n) is 25.4. The maximum atomic E-state index is 14.4. The van der Waals surface area contributed by atoms with E-state index in [0.717, 1.165) is 16.3 Å². The number of allylic oxidation sites excluding steroid dienone is 1. The molecule has 1 atom stereocenters. The van der Waals surface area contributed by atoms with Gasteiger partial charge < -0.3 is 23.8 Å². The lowest BCUT2D eigenvalue weighted by Gasteiger charge is -2.30. The van der Waals surface area contributed by atoms with Crippen molar-refractivity contribution >= 4 is 34.1 Å². The number of fused-ring (bicyclic) bond motifs is 2. The third-order valence-corrected chi connectivity index (χ3v) is 8.69. The predicted octanol–water partition coefficient (Wildman–Crippen LogP) is 4.29. The quantitative estimate of drug-likeness (QED) is 0.284. The van der Waals surface area contributed by atoms with E-state index in [-0.39, 0.29) is 11.5 Å². The number of rotatable bonds is 9. The molecule has 1 aliphatic heterocycles. The highest BCUT2D eigenvalue weighted by Gasteiger charge is 2.36. The Morgan fingerprint density at radius 3 is 2.21 bits per heavy atom. The third kappa shape index (κ3) is 5.16. The first-order chi connectivity index (χ1) is 20.8. The van der Waals surface area contributed by atoms with Crippen LogP contribution in [0, 0.1) is 0 Å². The van der Waals surface area contributed by atoms with E-state index in [1.165, 1.54) is 11.3 Å². The second-order valence-corrected chi connectivity index (χ2v) is 10.9. The van der Waals surface area contributed by atoms with Gasteiger partial charge in [-0.05, 0) is 61.4 Å². The van der Waals surface area contributed by atoms with Gasteiger partial charge in [0.2, 0.25) is 5.75 Å². The molecule has 1 amide bonds. The molecule has 0 N–H and O–H groups in total. The fraction of sp³-hybridized carbons (Fsp3) is 0.303. The minimum absolute atomic E-state index is 0.162. The Labute approximate surface area is 253 Å². The van der Waals surface area contributed by atoms with Crippen molar-refractivity contribution in [3.63, 3.8) is 0 Å². The molecule has 10 heteroatoms. The molecule has 9 nitrogen and oxygen atoms in total. The number of nitrogens with zero attached hydrogens (tertiary/aromatic N) is 3. The Morgan fingerprint density at radius 2 is 1.60 bits per heavy atom. The molecular formula is C33H35N3O6S. The van der Waals surface area contributed by atoms with Crippen LogP contribution in [0.3, 0.4) is 0 Å². The minimum atomic E-state index is -0.757. The van der Waals surface area contributed by atoms with Gasteiger partial charge in [0.15, 0.2) is 16.3 Å². The summed E-state index contributed by atoms with van der Waals surface area (Å²) in [4.78, 5) is 35.5. The summed E-state index contributed by atoms with van der Waals surface area (Å²) in [6, 6.07) is 14.6. The molecule has 2 heterocycles. The van der Waals surface area contributed by atoms with E-state index in [1.807, 2.05) is 57.2 Å². The SMILES string of the molecule is CCN(CC)C(=O)C1=C(C)N=c2s/c(=C/c3cc(OC)c(OC)c(OC)c3)c(=O)n2[C@H]1c1c(OC)ccc2ccccc12. The Hall–Kier alpha value is -4.57. The zero-order valence-corrected chi connectivity index (χ0v) is 26.2. The fourth-order valence-electron chi connectivity index (χ4n) is 5.62. The van der Waals surface area contributed by atoms with E-state index in [0.29, 0.717) is 62.3 Å². The van der Waals surface area contributed by atoms with Crippen molar-refractivity contribution < 1.29 is 23.7 Å². The van der Waals surface area contributed by atoms with E-state index in [9.17, 15) is 9.59 Å². The summed E-state index contributed by atoms with van der Waals surface area (Å²) in [5, 5.41) is 1.87. The highest BCUT2D eigenvalue weighted by molar-refractivity contribution is 7.07. The van der Waals surface area contributed by atoms with E-state index in [1.54, 1.807) is 56.1 Å². The molecule has 1 aromatic heterocycles. The van der Waals surface area contributed by atoms with E-state index < -0.39 is 6.04 Å². The van der Waals surface area contributed by atoms with E-state index in [2.05, 4.69) is 0 Å². The number of likely N-dealkylation sites (N-methyl/N-ethyl adjacent to an activating group) is 1. The van der Waals surface area contributed by atoms with Crippen LogP contribution in [0.25, 0.3) is 16.8 Å². The van der Waals surface area contributed by atoms with Gasteiger partial charge in [-0.15, -0.1) is 0 Å². The molecule has 0 aliphatic carbocycles. The van der Waals surface area contributed by atoms with Gasteiger partial charge in [-0.1, -0.05) is 41.7 Å². The average molecular weight is 602 g/mol. The molecule has 0 bridgehead atoms. The molecule has 224 valence electrons. The van der Waals surface area contributed by atoms with Crippen molar-refractivity contribution in [3.8, 4) is 23.0 Å². The van der Waals surface area contributed by atoms with Gasteiger partial charge in [0.05, 0.1) is 44.2 Å². The zero-order chi connectivity index (χ0) is 30.8. The Bertz CT molecular complexity index is 1890. The van der Waals surface area contributed by atoms with Crippen molar-refractivity contribution in [2.75, 3.05) is 41.5 Å². The number of methoxy groups -OCH3 is 4. The number of carbonyl (C=O) groups excluding carboxylic acids is 1. The summed E-state index contributed by atoms with van der Waals surface area (Å²) in [6.07, 6.45) is 1.77. The summed E-state index contributed by atoms with van der Waals surface area (Å²) < 4.78 is 24.5. The molecule has 0 unspecified atom stereocenters. The molecular weight excluding hydrogens is 566 g/mol. The fourth-order valence-corrected chi connectivity index (χ4v) is 6.67. The van der Waals surface area contributed by atoms with Crippen LogP contribution in [0.15, 0.2) is 69.6 Å². The summed E-state index contributed by atoms with van der Waals surface area (Å²) in [6.45, 7) is 6.76. The third-order valence-electron chi connectivity index (χ3n) is 7.71. The van der Waals surface area contributed by atoms with Gasteiger partial charge in [0.1, 0.15) is 11.8 Å². The number of carbonyl (C=O) groups is 1. The van der Waals surface area contributed by atoms with Gasteiger partial charge in [-0.25, -0.2) is 4.99 Å². The van der Waals surface area contributed by atoms with Gasteiger partial charge in [-0.3, -0.25) is 14.2 Å². The molecule has 4 aromatic rings. The Morgan fingerprint density at radius 1 is 0.953 bits per heavy atom. The summed E-state index contributed by atoms with van der Waals surface area (Å²) >= 11 is 1.26. The van der Waals surface area contributed by atoms with E-state index in [4.69, 9.17) is 23.9 Å². The number of benzene rings is 3. The molecule has 3 aromatic carbocycles. The lowest BCUT2D eigenvalue weighted by Crippen LogP contribution is -2.43. The monoisotopic (exact) mass is 601 g/mol. The highest BCUT2D eigenvalue weighted by Crippen LogP contribution is 2.41. The second-order valence-electron chi connectivity index (χ2n) is 9.92. The highest BCUT2D eigenvalue weighted by atomic mass is 32.1. The van der Waals surface area contributed by atoms with Crippen LogP contribution in [0.4, 0.5) is 0 Å². The first-order valence-electron chi connectivity index (χ1n) is 14.0. The van der Waals surface area contributed by atoms with Crippen molar-refractivity contribution in [2.24, 2.45) is 4.99 Å². The molecule has 1 aliphatic rings. The van der Waals surface area contributed by atoms with Crippen LogP contribution in [0.1, 0.15) is 37.9 Å². The van der Waals surface area contributed by atoms with Crippen molar-refractivity contribution in [1.82, 2.24) is 9.47 Å². The van der Waals surface area contributed by atoms with Crippen LogP contribution in [-0.4, -0.2) is 56.9 Å². The normalized spacial score (nSPS) is 14.8. The van der Waals surface area contributed by atoms with Gasteiger partial charge >= 0.3 is 0 Å². The topological polar surface area (TPSA) is 91.6 Å². The number of aromatic nitrogens is 1. The maximum Gasteiger partial charge on any atom is 0.271 e. The van der Waals surface area contributed by atoms with Crippen LogP contribution < -0.4 is 33.8 Å². The van der Waals surface area contributed by atoms with Crippen molar-refractivity contribution in [3.05, 3.63) is 90.6 Å². The first-order valence-corrected chi connectivity index (χ1v) is 14.8. The number of hydrogen-bond acceptors (Lipinski definition) is 8. The molecule has 0 radical (unpaired) electrons. The van der Waals surface area contributed by atoms with Gasteiger partial charge in [-0.2, -0.15) is 0 Å². The molecule has 0 spiro atoms. The number of thiazole rings is 1. The van der Waals surface area contributed by atoms with Crippen molar-refractivity contribution in [2.45, 2.75) is 26.8 Å². The molecule has 0 fully saturated rings. The standard InChI is InChI=1S/C33H35N3O6S/c1-8-35(9-2)32(38)27-19(3)34-33-36(29(27)28-22-13-11-10-12-21(22)14-15-23(28)39-4)31(37)26(43-33)18-20-16-24(40-5)30(42-7)25(17-20)41-6/h10-18,29H,8-9H2,1-7H3/b26-18+/t29-/m1/s1. The molecule has 0 saturated heterocycles. The molecule has 0 saturated carbocycles. The number of amides is 1. The Balaban J connectivity index is 1.83. The number of ether oxygens (including phenoxy) is 4. The predicted molar refractivity (Wildman–Crippen MR) is 168 cm³/mol. The van der Waals surface area contributed by atoms with Crippen LogP contribution in [-0.2, 0) is 4.79 Å². The lowest BCUT2D eigenvalue weighted by atomic mass is 9.90. The largest absolute Gasteiger partial charge is 0.496 e. The molecule has 43 heavy (non-hydrogen) atoms. The second kappa shape index (κ2) is 12.3. The minimum Gasteiger partial charge on any atom is -0.496 e. The smallest absolute Gasteiger partial charge is 0.271 e. The maximum absolute atomic E-state index is 14.4. The van der Waals surface area contributed by atoms with Crippen LogP contribution in [0.2, 0.25) is 0 Å². The van der Waals surface area contributed by atoms with E-state index >= 15 is 0 Å². The van der Waals surface area contributed by atoms with Gasteiger partial charge in [0.25, 0.3) is 11.5 Å². The Kier molecular flexibility index (Phi) is 8.59. The van der Waals surface area contributed by atoms with Crippen molar-refractivity contribution in [1.29, 1.82) is 0 Å². The summed E-state index contributed by atoms with van der Waals surface area (Å²) in [7, 11) is 6.23. The summed E-state index contributed by atoms with van der Waals surface area (Å²) in [5.74, 6) is 1.83. The van der Waals surface area contributed by atoms with Gasteiger partial charge in [0, 0.05) is 18.7 Å². The first kappa shape index (κ1) is 29.9. The molecule has 5 rings (SSSR count). The van der Waals surface area contributed by atoms with Crippen LogP contribution >= 0.6 is 11.3 Å². The summed E-state index contributed by atoms with van der Waals surface area (Å²) in [5.41, 5.74) is 2.18. The average Bonchev–Trinajstić information content (AvgIpc) is 3.33. The van der Waals surface area contributed by atoms with Crippen LogP contribution in [0.5, 0.6) is 23.0 Å².